The van der Waals surface area contributed by atoms with Crippen molar-refractivity contribution in [3.63, 3.8) is 0 Å². The zero-order valence-electron chi connectivity index (χ0n) is 18.7. The molecule has 1 atom stereocenters. The van der Waals surface area contributed by atoms with Gasteiger partial charge in [-0.3, -0.25) is 9.80 Å². The molecule has 1 aromatic carbocycles. The number of hydrogen-bond donors (Lipinski definition) is 2. The molecule has 10 nitrogen and oxygen atoms in total. The van der Waals surface area contributed by atoms with E-state index in [4.69, 9.17) is 14.2 Å². The Morgan fingerprint density at radius 3 is 2.25 bits per heavy atom. The second-order valence-corrected chi connectivity index (χ2v) is 8.61. The Kier molecular flexibility index (Phi) is 6.70. The molecule has 1 aliphatic rings. The maximum absolute atomic E-state index is 11.1. The minimum absolute atomic E-state index is 0.0853. The molecule has 0 radical (unpaired) electrons. The van der Waals surface area contributed by atoms with E-state index in [9.17, 15) is 10.2 Å². The molecule has 174 valence electrons. The molecule has 2 N–H and O–H groups in total. The number of aryl methyl sites for hydroxylation is 1. The summed E-state index contributed by atoms with van der Waals surface area (Å²) in [6, 6.07) is 3.59. The van der Waals surface area contributed by atoms with Crippen LogP contribution in [0.5, 0.6) is 23.1 Å². The molecule has 0 bridgehead atoms. The van der Waals surface area contributed by atoms with E-state index < -0.39 is 0 Å². The minimum atomic E-state index is -0.256. The van der Waals surface area contributed by atoms with Gasteiger partial charge in [0.2, 0.25) is 16.6 Å². The number of aliphatic hydroxyl groups excluding tert-OH is 1. The van der Waals surface area contributed by atoms with Crippen molar-refractivity contribution in [3.05, 3.63) is 28.4 Å². The monoisotopic (exact) mass is 463 g/mol. The SMILES string of the molecule is COc1cc([C@@H](c2sc3nc(C)nn3c2O)N2CCN(CCO)CC2)cc(OC)c1OC. The minimum Gasteiger partial charge on any atom is -0.493 e. The van der Waals surface area contributed by atoms with Gasteiger partial charge in [0.25, 0.3) is 0 Å². The lowest BCUT2D eigenvalue weighted by atomic mass is 10.0. The molecule has 4 rings (SSSR count). The highest BCUT2D eigenvalue weighted by atomic mass is 32.1. The lowest BCUT2D eigenvalue weighted by Crippen LogP contribution is -2.48. The molecule has 0 amide bonds. The Morgan fingerprint density at radius 2 is 1.72 bits per heavy atom. The Balaban J connectivity index is 1.81. The summed E-state index contributed by atoms with van der Waals surface area (Å²) in [5.74, 6) is 2.33. The van der Waals surface area contributed by atoms with Crippen LogP contribution in [0.4, 0.5) is 0 Å². The third-order valence-electron chi connectivity index (χ3n) is 5.75. The number of piperazine rings is 1. The standard InChI is InChI=1S/C21H29N5O5S/c1-13-22-21-26(23-13)20(28)19(32-21)17(25-7-5-24(6-8-25)9-10-27)14-11-15(29-2)18(31-4)16(12-14)30-3/h11-12,17,27-28H,5-10H2,1-4H3/t17-/m0/s1. The molecule has 0 saturated carbocycles. The van der Waals surface area contributed by atoms with Crippen molar-refractivity contribution in [2.24, 2.45) is 0 Å². The van der Waals surface area contributed by atoms with Crippen molar-refractivity contribution < 1.29 is 24.4 Å². The van der Waals surface area contributed by atoms with E-state index >= 15 is 0 Å². The second kappa shape index (κ2) is 9.49. The third-order valence-corrected chi connectivity index (χ3v) is 6.82. The lowest BCUT2D eigenvalue weighted by molar-refractivity contribution is 0.0944. The van der Waals surface area contributed by atoms with Crippen LogP contribution in [0.15, 0.2) is 12.1 Å². The van der Waals surface area contributed by atoms with Gasteiger partial charge in [0.05, 0.1) is 38.9 Å². The molecule has 3 heterocycles. The van der Waals surface area contributed by atoms with Gasteiger partial charge in [-0.15, -0.1) is 5.10 Å². The summed E-state index contributed by atoms with van der Waals surface area (Å²) in [6.45, 7) is 5.79. The summed E-state index contributed by atoms with van der Waals surface area (Å²) in [7, 11) is 4.76. The average molecular weight is 464 g/mol. The van der Waals surface area contributed by atoms with Gasteiger partial charge in [-0.2, -0.15) is 4.52 Å². The zero-order valence-corrected chi connectivity index (χ0v) is 19.6. The summed E-state index contributed by atoms with van der Waals surface area (Å²) in [5.41, 5.74) is 0.909. The predicted molar refractivity (Wildman–Crippen MR) is 120 cm³/mol. The van der Waals surface area contributed by atoms with Crippen molar-refractivity contribution >= 4 is 16.3 Å². The average Bonchev–Trinajstić information content (AvgIpc) is 3.31. The topological polar surface area (TPSA) is 105 Å². The molecule has 0 aliphatic carbocycles. The van der Waals surface area contributed by atoms with Crippen molar-refractivity contribution in [3.8, 4) is 23.1 Å². The number of aromatic hydroxyl groups is 1. The molecular formula is C21H29N5O5S. The van der Waals surface area contributed by atoms with Gasteiger partial charge in [0, 0.05) is 32.7 Å². The van der Waals surface area contributed by atoms with E-state index in [0.717, 1.165) is 36.6 Å². The van der Waals surface area contributed by atoms with E-state index in [1.165, 1.54) is 15.9 Å². The predicted octanol–water partition coefficient (Wildman–Crippen LogP) is 1.53. The largest absolute Gasteiger partial charge is 0.493 e. The Morgan fingerprint density at radius 1 is 1.06 bits per heavy atom. The first-order valence-electron chi connectivity index (χ1n) is 10.4. The number of benzene rings is 1. The quantitative estimate of drug-likeness (QED) is 0.515. The van der Waals surface area contributed by atoms with E-state index in [1.807, 2.05) is 12.1 Å². The number of hydrogen-bond acceptors (Lipinski definition) is 10. The van der Waals surface area contributed by atoms with Gasteiger partial charge in [-0.25, -0.2) is 4.98 Å². The zero-order chi connectivity index (χ0) is 22.8. The second-order valence-electron chi connectivity index (χ2n) is 7.61. The lowest BCUT2D eigenvalue weighted by Gasteiger charge is -2.39. The molecule has 32 heavy (non-hydrogen) atoms. The highest BCUT2D eigenvalue weighted by Gasteiger charge is 2.33. The first kappa shape index (κ1) is 22.6. The van der Waals surface area contributed by atoms with Crippen LogP contribution in [0.25, 0.3) is 4.96 Å². The fourth-order valence-electron chi connectivity index (χ4n) is 4.20. The number of fused-ring (bicyclic) bond motifs is 1. The number of aliphatic hydroxyl groups is 1. The molecule has 0 spiro atoms. The van der Waals surface area contributed by atoms with Gasteiger partial charge >= 0.3 is 0 Å². The van der Waals surface area contributed by atoms with Crippen molar-refractivity contribution in [2.75, 3.05) is 60.7 Å². The van der Waals surface area contributed by atoms with Gasteiger partial charge < -0.3 is 24.4 Å². The van der Waals surface area contributed by atoms with Gasteiger partial charge in [-0.05, 0) is 24.6 Å². The Hall–Kier alpha value is -2.60. The van der Waals surface area contributed by atoms with Crippen LogP contribution in [-0.4, -0.2) is 95.3 Å². The normalized spacial score (nSPS) is 16.4. The maximum Gasteiger partial charge on any atom is 0.230 e. The highest BCUT2D eigenvalue weighted by molar-refractivity contribution is 7.17. The van der Waals surface area contributed by atoms with Crippen LogP contribution >= 0.6 is 11.3 Å². The van der Waals surface area contributed by atoms with Gasteiger partial charge in [0.1, 0.15) is 5.82 Å². The first-order valence-corrected chi connectivity index (χ1v) is 11.2. The fourth-order valence-corrected chi connectivity index (χ4v) is 5.36. The summed E-state index contributed by atoms with van der Waals surface area (Å²) in [4.78, 5) is 10.4. The highest BCUT2D eigenvalue weighted by Crippen LogP contribution is 2.45. The molecule has 2 aromatic heterocycles. The van der Waals surface area contributed by atoms with E-state index in [2.05, 4.69) is 19.9 Å². The number of thiazole rings is 1. The third kappa shape index (κ3) is 4.08. The number of nitrogens with zero attached hydrogens (tertiary/aromatic N) is 5. The molecule has 3 aromatic rings. The number of methoxy groups -OCH3 is 3. The van der Waals surface area contributed by atoms with Gasteiger partial charge in [0.15, 0.2) is 11.5 Å². The Labute approximate surface area is 190 Å². The summed E-state index contributed by atoms with van der Waals surface area (Å²) in [6.07, 6.45) is 0. The van der Waals surface area contributed by atoms with Crippen molar-refractivity contribution in [2.45, 2.75) is 13.0 Å². The van der Waals surface area contributed by atoms with Crippen LogP contribution in [-0.2, 0) is 0 Å². The molecular weight excluding hydrogens is 434 g/mol. The summed E-state index contributed by atoms with van der Waals surface area (Å²) >= 11 is 1.42. The number of β-amino-alcohol motifs (C(OH)–C–C–N with tert-alkyl or cyclic N) is 1. The Bertz CT molecular complexity index is 1050. The number of rotatable bonds is 8. The summed E-state index contributed by atoms with van der Waals surface area (Å²) in [5, 5.41) is 24.7. The van der Waals surface area contributed by atoms with Crippen LogP contribution < -0.4 is 14.2 Å². The molecule has 0 unspecified atom stereocenters. The van der Waals surface area contributed by atoms with Crippen LogP contribution in [0.3, 0.4) is 0 Å². The van der Waals surface area contributed by atoms with E-state index in [1.54, 1.807) is 28.3 Å². The van der Waals surface area contributed by atoms with Gasteiger partial charge in [-0.1, -0.05) is 11.3 Å². The fraction of sp³-hybridized carbons (Fsp3) is 0.524. The van der Waals surface area contributed by atoms with Crippen LogP contribution in [0.2, 0.25) is 0 Å². The molecule has 11 heteroatoms. The number of ether oxygens (including phenoxy) is 3. The van der Waals surface area contributed by atoms with Crippen molar-refractivity contribution in [1.29, 1.82) is 0 Å². The summed E-state index contributed by atoms with van der Waals surface area (Å²) < 4.78 is 18.1. The molecule has 1 saturated heterocycles. The van der Waals surface area contributed by atoms with Crippen molar-refractivity contribution in [1.82, 2.24) is 24.4 Å². The van der Waals surface area contributed by atoms with E-state index in [0.29, 0.717) is 34.6 Å². The first-order chi connectivity index (χ1) is 15.5. The van der Waals surface area contributed by atoms with E-state index in [-0.39, 0.29) is 18.5 Å². The van der Waals surface area contributed by atoms with Crippen LogP contribution in [0.1, 0.15) is 22.3 Å². The molecule has 1 aliphatic heterocycles. The number of aromatic nitrogens is 3. The maximum atomic E-state index is 11.1. The molecule has 1 fully saturated rings. The van der Waals surface area contributed by atoms with Crippen LogP contribution in [0, 0.1) is 6.92 Å². The smallest absolute Gasteiger partial charge is 0.230 e.